The number of nitrogens with one attached hydrogen (secondary N) is 2. The summed E-state index contributed by atoms with van der Waals surface area (Å²) in [6.45, 7) is 0. The van der Waals surface area contributed by atoms with Gasteiger partial charge < -0.3 is 19.5 Å². The highest BCUT2D eigenvalue weighted by Gasteiger charge is 2.40. The Morgan fingerprint density at radius 3 is 2.50 bits per heavy atom. The third-order valence-corrected chi connectivity index (χ3v) is 8.42. The molecule has 0 aromatic heterocycles. The minimum atomic E-state index is -3.89. The average molecular weight is 527 g/mol. The van der Waals surface area contributed by atoms with Crippen molar-refractivity contribution in [2.24, 2.45) is 5.92 Å². The van der Waals surface area contributed by atoms with Crippen LogP contribution < -0.4 is 24.2 Å². The van der Waals surface area contributed by atoms with Gasteiger partial charge >= 0.3 is 0 Å². The number of sulfonamides is 1. The van der Waals surface area contributed by atoms with E-state index in [4.69, 9.17) is 25.8 Å². The minimum absolute atomic E-state index is 0.0288. The number of ether oxygens (including phenoxy) is 3. The van der Waals surface area contributed by atoms with E-state index in [0.717, 1.165) is 23.2 Å². The lowest BCUT2D eigenvalue weighted by Gasteiger charge is -2.38. The normalized spacial score (nSPS) is 20.2. The van der Waals surface area contributed by atoms with E-state index in [0.29, 0.717) is 22.3 Å². The first-order chi connectivity index (χ1) is 17.4. The molecule has 5 rings (SSSR count). The van der Waals surface area contributed by atoms with E-state index in [1.165, 1.54) is 13.2 Å². The zero-order chi connectivity index (χ0) is 25.4. The van der Waals surface area contributed by atoms with Crippen molar-refractivity contribution >= 4 is 33.0 Å². The van der Waals surface area contributed by atoms with Gasteiger partial charge in [-0.25, -0.2) is 8.42 Å². The smallest absolute Gasteiger partial charge is 0.262 e. The number of fused-ring (bicyclic) bond motifs is 3. The predicted molar refractivity (Wildman–Crippen MR) is 141 cm³/mol. The molecule has 0 saturated heterocycles. The van der Waals surface area contributed by atoms with Crippen LogP contribution in [0.1, 0.15) is 29.5 Å². The summed E-state index contributed by atoms with van der Waals surface area (Å²) < 4.78 is 45.8. The van der Waals surface area contributed by atoms with Gasteiger partial charge in [0, 0.05) is 22.2 Å². The molecule has 0 fully saturated rings. The molecule has 0 radical (unpaired) electrons. The van der Waals surface area contributed by atoms with Crippen molar-refractivity contribution in [2.75, 3.05) is 31.4 Å². The number of para-hydroxylation sites is 1. The van der Waals surface area contributed by atoms with Gasteiger partial charge in [-0.1, -0.05) is 35.9 Å². The Bertz CT molecular complexity index is 1440. The highest BCUT2D eigenvalue weighted by Crippen LogP contribution is 2.52. The first kappa shape index (κ1) is 24.3. The van der Waals surface area contributed by atoms with Gasteiger partial charge in [0.05, 0.1) is 38.0 Å². The molecule has 1 aliphatic carbocycles. The number of methoxy groups -OCH3 is 3. The number of hydrogen-bond acceptors (Lipinski definition) is 6. The van der Waals surface area contributed by atoms with Crippen LogP contribution in [0, 0.1) is 5.92 Å². The summed E-state index contributed by atoms with van der Waals surface area (Å²) in [6, 6.07) is 15.8. The molecule has 9 heteroatoms. The van der Waals surface area contributed by atoms with E-state index < -0.39 is 10.0 Å². The molecule has 0 bridgehead atoms. The van der Waals surface area contributed by atoms with Crippen molar-refractivity contribution in [2.45, 2.75) is 23.3 Å². The molecule has 0 amide bonds. The molecule has 2 N–H and O–H groups in total. The number of anilines is 2. The summed E-state index contributed by atoms with van der Waals surface area (Å²) in [4.78, 5) is 0.168. The van der Waals surface area contributed by atoms with Crippen LogP contribution in [0.5, 0.6) is 17.2 Å². The molecule has 2 aliphatic rings. The van der Waals surface area contributed by atoms with E-state index in [1.807, 2.05) is 24.3 Å². The Balaban J connectivity index is 1.51. The second-order valence-corrected chi connectivity index (χ2v) is 10.9. The molecule has 3 aromatic rings. The Kier molecular flexibility index (Phi) is 6.49. The Labute approximate surface area is 216 Å². The molecule has 0 spiro atoms. The Morgan fingerprint density at radius 1 is 0.944 bits per heavy atom. The maximum absolute atomic E-state index is 13.3. The zero-order valence-electron chi connectivity index (χ0n) is 20.1. The van der Waals surface area contributed by atoms with Gasteiger partial charge in [0.1, 0.15) is 5.75 Å². The zero-order valence-corrected chi connectivity index (χ0v) is 21.7. The Hall–Kier alpha value is -3.36. The monoisotopic (exact) mass is 526 g/mol. The molecular weight excluding hydrogens is 500 g/mol. The number of hydrogen-bond donors (Lipinski definition) is 2. The number of halogens is 1. The van der Waals surface area contributed by atoms with Gasteiger partial charge in [-0.15, -0.1) is 0 Å². The highest BCUT2D eigenvalue weighted by atomic mass is 35.5. The number of allylic oxidation sites excluding steroid dienone is 2. The van der Waals surface area contributed by atoms with Crippen LogP contribution in [-0.4, -0.2) is 29.7 Å². The van der Waals surface area contributed by atoms with Crippen molar-refractivity contribution in [3.8, 4) is 17.2 Å². The molecule has 0 saturated carbocycles. The van der Waals surface area contributed by atoms with E-state index >= 15 is 0 Å². The minimum Gasteiger partial charge on any atom is -0.495 e. The van der Waals surface area contributed by atoms with E-state index in [-0.39, 0.29) is 28.5 Å². The lowest BCUT2D eigenvalue weighted by Crippen LogP contribution is -2.29. The van der Waals surface area contributed by atoms with Gasteiger partial charge in [-0.2, -0.15) is 0 Å². The molecule has 7 nitrogen and oxygen atoms in total. The van der Waals surface area contributed by atoms with Crippen LogP contribution in [0.2, 0.25) is 5.02 Å². The van der Waals surface area contributed by atoms with Gasteiger partial charge in [0.15, 0.2) is 11.5 Å². The second-order valence-electron chi connectivity index (χ2n) is 8.76. The molecule has 3 aromatic carbocycles. The van der Waals surface area contributed by atoms with Crippen LogP contribution in [0.4, 0.5) is 11.4 Å². The summed E-state index contributed by atoms with van der Waals surface area (Å²) in [5, 5.41) is 4.04. The molecule has 188 valence electrons. The average Bonchev–Trinajstić information content (AvgIpc) is 3.38. The topological polar surface area (TPSA) is 85.9 Å². The SMILES string of the molecule is COc1ccc(Cl)cc1NS(=O)(=O)c1ccc2c(c1)[C@H]1C=CC[C@H]1[C@@H](c1cccc(OC)c1OC)N2. The van der Waals surface area contributed by atoms with Gasteiger partial charge in [-0.05, 0) is 60.4 Å². The predicted octanol–water partition coefficient (Wildman–Crippen LogP) is 5.99. The van der Waals surface area contributed by atoms with Gasteiger partial charge in [-0.3, -0.25) is 4.72 Å². The lowest BCUT2D eigenvalue weighted by atomic mass is 9.77. The number of rotatable bonds is 7. The quantitative estimate of drug-likeness (QED) is 0.368. The summed E-state index contributed by atoms with van der Waals surface area (Å²) in [6.07, 6.45) is 5.17. The summed E-state index contributed by atoms with van der Waals surface area (Å²) in [5.74, 6) is 2.01. The maximum Gasteiger partial charge on any atom is 0.262 e. The molecule has 3 atom stereocenters. The molecule has 1 aliphatic heterocycles. The van der Waals surface area contributed by atoms with E-state index in [1.54, 1.807) is 38.5 Å². The van der Waals surface area contributed by atoms with Crippen LogP contribution >= 0.6 is 11.6 Å². The van der Waals surface area contributed by atoms with Crippen LogP contribution in [-0.2, 0) is 10.0 Å². The molecular formula is C27H27ClN2O5S. The van der Waals surface area contributed by atoms with Crippen molar-refractivity contribution in [1.29, 1.82) is 0 Å². The van der Waals surface area contributed by atoms with Crippen LogP contribution in [0.3, 0.4) is 0 Å². The van der Waals surface area contributed by atoms with Crippen LogP contribution in [0.15, 0.2) is 71.6 Å². The third-order valence-electron chi connectivity index (χ3n) is 6.82. The van der Waals surface area contributed by atoms with Crippen molar-refractivity contribution in [3.05, 3.63) is 82.9 Å². The van der Waals surface area contributed by atoms with E-state index in [9.17, 15) is 8.42 Å². The third kappa shape index (κ3) is 4.24. The molecule has 0 unspecified atom stereocenters. The molecule has 36 heavy (non-hydrogen) atoms. The number of benzene rings is 3. The van der Waals surface area contributed by atoms with Crippen molar-refractivity contribution in [3.63, 3.8) is 0 Å². The summed E-state index contributed by atoms with van der Waals surface area (Å²) >= 11 is 6.09. The van der Waals surface area contributed by atoms with Gasteiger partial charge in [0.25, 0.3) is 10.0 Å². The van der Waals surface area contributed by atoms with Crippen LogP contribution in [0.25, 0.3) is 0 Å². The molecule has 1 heterocycles. The van der Waals surface area contributed by atoms with E-state index in [2.05, 4.69) is 22.2 Å². The standard InChI is InChI=1S/C27H27ClN2O5S/c1-33-24-13-10-16(28)14-23(24)30-36(31,32)17-11-12-22-21(15-17)18-6-4-7-19(18)26(29-22)20-8-5-9-25(34-2)27(20)35-3/h4-6,8-15,18-19,26,29-30H,7H2,1-3H3/t18-,19+,26-/m0/s1. The fourth-order valence-electron chi connectivity index (χ4n) is 5.17. The van der Waals surface area contributed by atoms with Gasteiger partial charge in [0.2, 0.25) is 0 Å². The first-order valence-electron chi connectivity index (χ1n) is 11.5. The maximum atomic E-state index is 13.3. The second kappa shape index (κ2) is 9.59. The highest BCUT2D eigenvalue weighted by molar-refractivity contribution is 7.92. The Morgan fingerprint density at radius 2 is 1.75 bits per heavy atom. The summed E-state index contributed by atoms with van der Waals surface area (Å²) in [5.41, 5.74) is 3.11. The van der Waals surface area contributed by atoms with Crippen molar-refractivity contribution in [1.82, 2.24) is 0 Å². The lowest BCUT2D eigenvalue weighted by molar-refractivity contribution is 0.341. The summed E-state index contributed by atoms with van der Waals surface area (Å²) in [7, 11) is 0.856. The fourth-order valence-corrected chi connectivity index (χ4v) is 6.44. The first-order valence-corrected chi connectivity index (χ1v) is 13.4. The van der Waals surface area contributed by atoms with Crippen molar-refractivity contribution < 1.29 is 22.6 Å². The fraction of sp³-hybridized carbons (Fsp3) is 0.259. The largest absolute Gasteiger partial charge is 0.495 e.